The van der Waals surface area contributed by atoms with E-state index in [4.69, 9.17) is 30.5 Å². The summed E-state index contributed by atoms with van der Waals surface area (Å²) in [6, 6.07) is 16.6. The van der Waals surface area contributed by atoms with Crippen molar-refractivity contribution in [3.63, 3.8) is 0 Å². The molecule has 4 rings (SSSR count). The maximum Gasteiger partial charge on any atom is 0.293 e. The normalized spacial score (nSPS) is 14.3. The van der Waals surface area contributed by atoms with E-state index in [-0.39, 0.29) is 40.5 Å². The van der Waals surface area contributed by atoms with E-state index in [0.29, 0.717) is 28.6 Å². The summed E-state index contributed by atoms with van der Waals surface area (Å²) in [6.45, 7) is 0.128. The number of benzene rings is 3. The number of hydrogen-bond donors (Lipinski definition) is 0. The fourth-order valence-corrected chi connectivity index (χ4v) is 4.63. The van der Waals surface area contributed by atoms with Crippen molar-refractivity contribution in [3.05, 3.63) is 87.5 Å². The number of rotatable bonds is 10. The van der Waals surface area contributed by atoms with Gasteiger partial charge in [-0.1, -0.05) is 35.9 Å². The Morgan fingerprint density at radius 3 is 2.38 bits per heavy atom. The molecule has 0 spiro atoms. The minimum Gasteiger partial charge on any atom is -0.493 e. The van der Waals surface area contributed by atoms with Gasteiger partial charge in [-0.15, -0.1) is 0 Å². The van der Waals surface area contributed by atoms with Crippen LogP contribution in [0.4, 0.5) is 9.18 Å². The molecule has 37 heavy (non-hydrogen) atoms. The SMILES string of the molecule is COc1ccccc1OCCN1C(=O)S/C(=C\c2ccc(OCc3c(F)cccc3Cl)c(OC)c2)C1=O. The quantitative estimate of drug-likeness (QED) is 0.282. The van der Waals surface area contributed by atoms with Crippen LogP contribution in [0, 0.1) is 5.82 Å². The highest BCUT2D eigenvalue weighted by Crippen LogP contribution is 2.35. The first-order valence-corrected chi connectivity index (χ1v) is 12.4. The van der Waals surface area contributed by atoms with Gasteiger partial charge < -0.3 is 18.9 Å². The van der Waals surface area contributed by atoms with Crippen molar-refractivity contribution in [2.75, 3.05) is 27.4 Å². The van der Waals surface area contributed by atoms with Crippen molar-refractivity contribution in [1.29, 1.82) is 0 Å². The second-order valence-corrected chi connectivity index (χ2v) is 9.13. The second kappa shape index (κ2) is 12.0. The van der Waals surface area contributed by atoms with E-state index >= 15 is 0 Å². The number of carbonyl (C=O) groups is 2. The lowest BCUT2D eigenvalue weighted by atomic mass is 10.1. The highest BCUT2D eigenvalue weighted by atomic mass is 35.5. The lowest BCUT2D eigenvalue weighted by molar-refractivity contribution is -0.123. The van der Waals surface area contributed by atoms with Crippen LogP contribution in [0.5, 0.6) is 23.0 Å². The average molecular weight is 544 g/mol. The first kappa shape index (κ1) is 26.4. The van der Waals surface area contributed by atoms with E-state index < -0.39 is 11.7 Å². The Labute approximate surface area is 222 Å². The maximum atomic E-state index is 14.0. The summed E-state index contributed by atoms with van der Waals surface area (Å²) in [5.74, 6) is 0.972. The molecule has 3 aromatic carbocycles. The maximum absolute atomic E-state index is 14.0. The van der Waals surface area contributed by atoms with E-state index in [1.54, 1.807) is 48.5 Å². The molecule has 1 saturated heterocycles. The van der Waals surface area contributed by atoms with Crippen LogP contribution >= 0.6 is 23.4 Å². The molecule has 0 N–H and O–H groups in total. The molecule has 3 aromatic rings. The third-order valence-corrected chi connectivity index (χ3v) is 6.70. The van der Waals surface area contributed by atoms with Gasteiger partial charge in [-0.3, -0.25) is 14.5 Å². The van der Waals surface area contributed by atoms with E-state index in [0.717, 1.165) is 16.7 Å². The monoisotopic (exact) mass is 543 g/mol. The number of nitrogens with zero attached hydrogens (tertiary/aromatic N) is 1. The van der Waals surface area contributed by atoms with Crippen molar-refractivity contribution in [2.45, 2.75) is 6.61 Å². The van der Waals surface area contributed by atoms with Crippen LogP contribution in [0.3, 0.4) is 0 Å². The molecule has 1 fully saturated rings. The Morgan fingerprint density at radius 2 is 1.65 bits per heavy atom. The smallest absolute Gasteiger partial charge is 0.293 e. The number of carbonyl (C=O) groups excluding carboxylic acids is 2. The van der Waals surface area contributed by atoms with Crippen LogP contribution in [0.2, 0.25) is 5.02 Å². The molecular formula is C27H23ClFNO6S. The number of hydrogen-bond acceptors (Lipinski definition) is 7. The van der Waals surface area contributed by atoms with Gasteiger partial charge in [0.1, 0.15) is 19.0 Å². The third-order valence-electron chi connectivity index (χ3n) is 5.43. The Hall–Kier alpha value is -3.69. The highest BCUT2D eigenvalue weighted by Gasteiger charge is 2.35. The number of ether oxygens (including phenoxy) is 4. The Balaban J connectivity index is 1.41. The fourth-order valence-electron chi connectivity index (χ4n) is 3.54. The molecule has 0 atom stereocenters. The lowest BCUT2D eigenvalue weighted by Crippen LogP contribution is -2.32. The van der Waals surface area contributed by atoms with Crippen LogP contribution in [0.25, 0.3) is 6.08 Å². The number of halogens is 2. The summed E-state index contributed by atoms with van der Waals surface area (Å²) in [7, 11) is 3.01. The summed E-state index contributed by atoms with van der Waals surface area (Å²) >= 11 is 6.91. The number of thioether (sulfide) groups is 1. The van der Waals surface area contributed by atoms with Crippen molar-refractivity contribution < 1.29 is 32.9 Å². The second-order valence-electron chi connectivity index (χ2n) is 7.73. The van der Waals surface area contributed by atoms with Crippen molar-refractivity contribution in [3.8, 4) is 23.0 Å². The zero-order valence-electron chi connectivity index (χ0n) is 20.0. The first-order valence-electron chi connectivity index (χ1n) is 11.2. The van der Waals surface area contributed by atoms with Gasteiger partial charge in [0.25, 0.3) is 11.1 Å². The Bertz CT molecular complexity index is 1330. The molecule has 10 heteroatoms. The highest BCUT2D eigenvalue weighted by molar-refractivity contribution is 8.18. The van der Waals surface area contributed by atoms with Crippen molar-refractivity contribution in [1.82, 2.24) is 4.90 Å². The Kier molecular flexibility index (Phi) is 8.58. The molecule has 7 nitrogen and oxygen atoms in total. The predicted octanol–water partition coefficient (Wildman–Crippen LogP) is 6.19. The molecular weight excluding hydrogens is 521 g/mol. The van der Waals surface area contributed by atoms with Crippen LogP contribution in [-0.2, 0) is 11.4 Å². The summed E-state index contributed by atoms with van der Waals surface area (Å²) < 4.78 is 36.1. The molecule has 192 valence electrons. The van der Waals surface area contributed by atoms with Crippen molar-refractivity contribution >= 4 is 40.6 Å². The van der Waals surface area contributed by atoms with Gasteiger partial charge >= 0.3 is 0 Å². The van der Waals surface area contributed by atoms with E-state index in [9.17, 15) is 14.0 Å². The molecule has 0 radical (unpaired) electrons. The standard InChI is InChI=1S/C27H23ClFNO6S/c1-33-21-8-3-4-9-22(21)35-13-12-30-26(31)25(37-27(30)32)15-17-10-11-23(24(14-17)34-2)36-16-18-19(28)6-5-7-20(18)29/h3-11,14-15H,12-13,16H2,1-2H3/b25-15-. The van der Waals surface area contributed by atoms with Gasteiger partial charge in [0.05, 0.1) is 30.7 Å². The van der Waals surface area contributed by atoms with Gasteiger partial charge in [-0.25, -0.2) is 4.39 Å². The number of para-hydroxylation sites is 2. The zero-order chi connectivity index (χ0) is 26.4. The largest absolute Gasteiger partial charge is 0.493 e. The molecule has 0 saturated carbocycles. The van der Waals surface area contributed by atoms with Crippen LogP contribution in [0.15, 0.2) is 65.6 Å². The summed E-state index contributed by atoms with van der Waals surface area (Å²) in [6.07, 6.45) is 1.60. The van der Waals surface area contributed by atoms with Crippen LogP contribution in [-0.4, -0.2) is 43.4 Å². The van der Waals surface area contributed by atoms with Gasteiger partial charge in [-0.05, 0) is 59.8 Å². The topological polar surface area (TPSA) is 74.3 Å². The van der Waals surface area contributed by atoms with E-state index in [1.807, 2.05) is 6.07 Å². The first-order chi connectivity index (χ1) is 17.9. The zero-order valence-corrected chi connectivity index (χ0v) is 21.6. The van der Waals surface area contributed by atoms with Gasteiger partial charge in [-0.2, -0.15) is 0 Å². The molecule has 1 heterocycles. The summed E-state index contributed by atoms with van der Waals surface area (Å²) in [5.41, 5.74) is 0.863. The van der Waals surface area contributed by atoms with Crippen LogP contribution < -0.4 is 18.9 Å². The van der Waals surface area contributed by atoms with Crippen LogP contribution in [0.1, 0.15) is 11.1 Å². The predicted molar refractivity (Wildman–Crippen MR) is 140 cm³/mol. The summed E-state index contributed by atoms with van der Waals surface area (Å²) in [5, 5.41) is -0.117. The van der Waals surface area contributed by atoms with Gasteiger partial charge in [0.15, 0.2) is 23.0 Å². The summed E-state index contributed by atoms with van der Waals surface area (Å²) in [4.78, 5) is 26.7. The molecule has 2 amide bonds. The molecule has 0 unspecified atom stereocenters. The van der Waals surface area contributed by atoms with Gasteiger partial charge in [0, 0.05) is 5.56 Å². The Morgan fingerprint density at radius 1 is 0.919 bits per heavy atom. The van der Waals surface area contributed by atoms with E-state index in [2.05, 4.69) is 0 Å². The molecule has 0 aliphatic carbocycles. The number of methoxy groups -OCH3 is 2. The minimum absolute atomic E-state index is 0.0863. The minimum atomic E-state index is -0.466. The molecule has 1 aliphatic rings. The lowest BCUT2D eigenvalue weighted by Gasteiger charge is -2.14. The third kappa shape index (κ3) is 6.18. The fraction of sp³-hybridized carbons (Fsp3) is 0.185. The molecule has 1 aliphatic heterocycles. The van der Waals surface area contributed by atoms with E-state index in [1.165, 1.54) is 26.4 Å². The number of amides is 2. The van der Waals surface area contributed by atoms with Gasteiger partial charge in [0.2, 0.25) is 0 Å². The molecule has 0 bridgehead atoms. The van der Waals surface area contributed by atoms with Crippen molar-refractivity contribution in [2.24, 2.45) is 0 Å². The number of imide groups is 1. The average Bonchev–Trinajstić information content (AvgIpc) is 3.16. The molecule has 0 aromatic heterocycles.